The van der Waals surface area contributed by atoms with Crippen LogP contribution in [0.3, 0.4) is 0 Å². The number of carbonyl (C=O) groups is 2. The molecule has 1 aromatic heterocycles. The molecule has 156 valence electrons. The summed E-state index contributed by atoms with van der Waals surface area (Å²) in [6.07, 6.45) is 0.736. The average Bonchev–Trinajstić information content (AvgIpc) is 3.22. The number of hydrogen-bond donors (Lipinski definition) is 2. The van der Waals surface area contributed by atoms with E-state index < -0.39 is 0 Å². The van der Waals surface area contributed by atoms with E-state index in [1.54, 1.807) is 41.1 Å². The maximum Gasteiger partial charge on any atom is 0.255 e. The Labute approximate surface area is 180 Å². The molecule has 1 heterocycles. The number of rotatable bonds is 7. The predicted octanol–water partition coefficient (Wildman–Crippen LogP) is 3.68. The molecule has 4 rings (SSSR count). The standard InChI is InChI=1S/C24H23N5O2/c1-2-29-22-13-12-18(16-21(22)27-28-29)23(30)26-20-11-7-6-10-19(20)24(31)25-15-14-17-8-4-3-5-9-17/h3-13,16H,2,14-15H2,1H3,(H,25,31)(H,26,30). The largest absolute Gasteiger partial charge is 0.352 e. The van der Waals surface area contributed by atoms with E-state index in [9.17, 15) is 9.59 Å². The molecule has 2 amide bonds. The van der Waals surface area contributed by atoms with Crippen molar-refractivity contribution >= 4 is 28.5 Å². The maximum atomic E-state index is 12.8. The van der Waals surface area contributed by atoms with E-state index in [0.717, 1.165) is 17.5 Å². The van der Waals surface area contributed by atoms with Gasteiger partial charge in [0.05, 0.1) is 16.8 Å². The van der Waals surface area contributed by atoms with Gasteiger partial charge in [0.25, 0.3) is 11.8 Å². The van der Waals surface area contributed by atoms with Crippen LogP contribution in [-0.4, -0.2) is 33.4 Å². The van der Waals surface area contributed by atoms with Crippen molar-refractivity contribution in [3.05, 3.63) is 89.5 Å². The lowest BCUT2D eigenvalue weighted by atomic mass is 10.1. The van der Waals surface area contributed by atoms with Crippen LogP contribution in [-0.2, 0) is 13.0 Å². The van der Waals surface area contributed by atoms with Crippen LogP contribution >= 0.6 is 0 Å². The van der Waals surface area contributed by atoms with Crippen molar-refractivity contribution in [2.24, 2.45) is 0 Å². The molecule has 4 aromatic rings. The Bertz CT molecular complexity index is 1220. The van der Waals surface area contributed by atoms with Crippen LogP contribution in [0, 0.1) is 0 Å². The number of aryl methyl sites for hydroxylation is 1. The van der Waals surface area contributed by atoms with Crippen molar-refractivity contribution in [3.63, 3.8) is 0 Å². The molecule has 0 saturated carbocycles. The minimum absolute atomic E-state index is 0.229. The number of nitrogens with zero attached hydrogens (tertiary/aromatic N) is 3. The van der Waals surface area contributed by atoms with Gasteiger partial charge in [-0.2, -0.15) is 0 Å². The molecule has 0 unspecified atom stereocenters. The molecule has 2 N–H and O–H groups in total. The highest BCUT2D eigenvalue weighted by Crippen LogP contribution is 2.18. The van der Waals surface area contributed by atoms with Crippen LogP contribution in [0.15, 0.2) is 72.8 Å². The molecule has 7 heteroatoms. The van der Waals surface area contributed by atoms with E-state index in [-0.39, 0.29) is 11.8 Å². The van der Waals surface area contributed by atoms with Gasteiger partial charge in [0.2, 0.25) is 0 Å². The van der Waals surface area contributed by atoms with Crippen molar-refractivity contribution in [3.8, 4) is 0 Å². The van der Waals surface area contributed by atoms with E-state index in [0.29, 0.717) is 35.4 Å². The molecule has 0 saturated heterocycles. The van der Waals surface area contributed by atoms with Gasteiger partial charge in [-0.05, 0) is 49.2 Å². The highest BCUT2D eigenvalue weighted by molar-refractivity contribution is 6.09. The minimum Gasteiger partial charge on any atom is -0.352 e. The Morgan fingerprint density at radius 3 is 2.52 bits per heavy atom. The number of nitrogens with one attached hydrogen (secondary N) is 2. The zero-order valence-corrected chi connectivity index (χ0v) is 17.2. The van der Waals surface area contributed by atoms with Gasteiger partial charge in [0.1, 0.15) is 5.52 Å². The normalized spacial score (nSPS) is 10.7. The highest BCUT2D eigenvalue weighted by Gasteiger charge is 2.15. The van der Waals surface area contributed by atoms with Gasteiger partial charge in [-0.3, -0.25) is 9.59 Å². The smallest absolute Gasteiger partial charge is 0.255 e. The molecule has 0 spiro atoms. The molecule has 0 aliphatic heterocycles. The quantitative estimate of drug-likeness (QED) is 0.484. The van der Waals surface area contributed by atoms with Gasteiger partial charge in [0, 0.05) is 18.7 Å². The lowest BCUT2D eigenvalue weighted by Gasteiger charge is -2.12. The summed E-state index contributed by atoms with van der Waals surface area (Å²) >= 11 is 0. The summed E-state index contributed by atoms with van der Waals surface area (Å²) in [6.45, 7) is 3.19. The summed E-state index contributed by atoms with van der Waals surface area (Å²) in [4.78, 5) is 25.5. The Hall–Kier alpha value is -4.00. The van der Waals surface area contributed by atoms with Crippen molar-refractivity contribution in [1.29, 1.82) is 0 Å². The Morgan fingerprint density at radius 1 is 0.935 bits per heavy atom. The topological polar surface area (TPSA) is 88.9 Å². The van der Waals surface area contributed by atoms with Crippen LogP contribution in [0.5, 0.6) is 0 Å². The first-order chi connectivity index (χ1) is 15.2. The summed E-state index contributed by atoms with van der Waals surface area (Å²) in [6, 6.07) is 22.2. The van der Waals surface area contributed by atoms with Crippen LogP contribution < -0.4 is 10.6 Å². The predicted molar refractivity (Wildman–Crippen MR) is 120 cm³/mol. The number of carbonyl (C=O) groups excluding carboxylic acids is 2. The zero-order valence-electron chi connectivity index (χ0n) is 17.2. The molecule has 0 atom stereocenters. The molecule has 0 bridgehead atoms. The highest BCUT2D eigenvalue weighted by atomic mass is 16.2. The Kier molecular flexibility index (Phi) is 6.03. The fourth-order valence-electron chi connectivity index (χ4n) is 3.39. The summed E-state index contributed by atoms with van der Waals surface area (Å²) < 4.78 is 1.77. The summed E-state index contributed by atoms with van der Waals surface area (Å²) in [7, 11) is 0. The number of anilines is 1. The second-order valence-electron chi connectivity index (χ2n) is 7.10. The Balaban J connectivity index is 1.45. The van der Waals surface area contributed by atoms with Crippen LogP contribution in [0.1, 0.15) is 33.2 Å². The number of para-hydroxylation sites is 1. The first-order valence-corrected chi connectivity index (χ1v) is 10.2. The van der Waals surface area contributed by atoms with E-state index in [1.165, 1.54) is 0 Å². The number of hydrogen-bond acceptors (Lipinski definition) is 4. The number of aromatic nitrogens is 3. The lowest BCUT2D eigenvalue weighted by molar-refractivity contribution is 0.0955. The second kappa shape index (κ2) is 9.21. The molecule has 31 heavy (non-hydrogen) atoms. The fourth-order valence-corrected chi connectivity index (χ4v) is 3.39. The minimum atomic E-state index is -0.308. The van der Waals surface area contributed by atoms with E-state index >= 15 is 0 Å². The third-order valence-corrected chi connectivity index (χ3v) is 5.04. The summed E-state index contributed by atoms with van der Waals surface area (Å²) in [5, 5.41) is 14.0. The van der Waals surface area contributed by atoms with Gasteiger partial charge in [-0.15, -0.1) is 5.10 Å². The summed E-state index contributed by atoms with van der Waals surface area (Å²) in [5.74, 6) is -0.536. The molecule has 7 nitrogen and oxygen atoms in total. The monoisotopic (exact) mass is 413 g/mol. The fraction of sp³-hybridized carbons (Fsp3) is 0.167. The average molecular weight is 413 g/mol. The first-order valence-electron chi connectivity index (χ1n) is 10.2. The van der Waals surface area contributed by atoms with E-state index in [4.69, 9.17) is 0 Å². The lowest BCUT2D eigenvalue weighted by Crippen LogP contribution is -2.27. The number of amides is 2. The third-order valence-electron chi connectivity index (χ3n) is 5.04. The van der Waals surface area contributed by atoms with Gasteiger partial charge in [0.15, 0.2) is 0 Å². The Morgan fingerprint density at radius 2 is 1.71 bits per heavy atom. The van der Waals surface area contributed by atoms with Crippen LogP contribution in [0.25, 0.3) is 11.0 Å². The van der Waals surface area contributed by atoms with Gasteiger partial charge in [-0.25, -0.2) is 4.68 Å². The van der Waals surface area contributed by atoms with Crippen LogP contribution in [0.4, 0.5) is 5.69 Å². The van der Waals surface area contributed by atoms with Crippen LogP contribution in [0.2, 0.25) is 0 Å². The van der Waals surface area contributed by atoms with E-state index in [1.807, 2.05) is 43.3 Å². The second-order valence-corrected chi connectivity index (χ2v) is 7.10. The van der Waals surface area contributed by atoms with Crippen molar-refractivity contribution in [1.82, 2.24) is 20.3 Å². The van der Waals surface area contributed by atoms with Gasteiger partial charge >= 0.3 is 0 Å². The van der Waals surface area contributed by atoms with Gasteiger partial charge in [-0.1, -0.05) is 47.7 Å². The molecule has 3 aromatic carbocycles. The SMILES string of the molecule is CCn1nnc2cc(C(=O)Nc3ccccc3C(=O)NCCc3ccccc3)ccc21. The molecule has 0 aliphatic carbocycles. The van der Waals surface area contributed by atoms with Crippen molar-refractivity contribution in [2.75, 3.05) is 11.9 Å². The molecular weight excluding hydrogens is 390 g/mol. The number of benzene rings is 3. The molecule has 0 fully saturated rings. The first kappa shape index (κ1) is 20.3. The summed E-state index contributed by atoms with van der Waals surface area (Å²) in [5.41, 5.74) is 4.01. The molecule has 0 radical (unpaired) electrons. The third kappa shape index (κ3) is 4.61. The molecular formula is C24H23N5O2. The zero-order chi connectivity index (χ0) is 21.6. The van der Waals surface area contributed by atoms with Crippen molar-refractivity contribution in [2.45, 2.75) is 19.9 Å². The molecule has 0 aliphatic rings. The number of fused-ring (bicyclic) bond motifs is 1. The van der Waals surface area contributed by atoms with E-state index in [2.05, 4.69) is 20.9 Å². The maximum absolute atomic E-state index is 12.8. The van der Waals surface area contributed by atoms with Crippen molar-refractivity contribution < 1.29 is 9.59 Å². The van der Waals surface area contributed by atoms with Gasteiger partial charge < -0.3 is 10.6 Å².